The van der Waals surface area contributed by atoms with Gasteiger partial charge in [-0.25, -0.2) is 4.98 Å². The quantitative estimate of drug-likeness (QED) is 0.716. The Labute approximate surface area is 119 Å². The Morgan fingerprint density at radius 3 is 2.68 bits per heavy atom. The number of hydrogen-bond donors (Lipinski definition) is 1. The van der Waals surface area contributed by atoms with E-state index >= 15 is 0 Å². The Hall–Kier alpha value is -1.71. The molecular weight excluding hydrogens is 283 g/mol. The zero-order chi connectivity index (χ0) is 13.4. The Kier molecular flexibility index (Phi) is 3.09. The first-order valence-corrected chi connectivity index (χ1v) is 6.46. The fourth-order valence-corrected chi connectivity index (χ4v) is 2.21. The van der Waals surface area contributed by atoms with Crippen molar-refractivity contribution in [3.8, 4) is 0 Å². The topological polar surface area (TPSA) is 52.0 Å². The predicted molar refractivity (Wildman–Crippen MR) is 77.7 cm³/mol. The molecule has 2 aromatic carbocycles. The summed E-state index contributed by atoms with van der Waals surface area (Å²) in [7, 11) is 0. The van der Waals surface area contributed by atoms with Gasteiger partial charge in [-0.05, 0) is 29.8 Å². The third kappa shape index (κ3) is 2.53. The van der Waals surface area contributed by atoms with Gasteiger partial charge in [0.15, 0.2) is 11.5 Å². The highest BCUT2D eigenvalue weighted by atomic mass is 35.5. The van der Waals surface area contributed by atoms with Crippen LogP contribution < -0.4 is 5.73 Å². The lowest BCUT2D eigenvalue weighted by atomic mass is 10.1. The molecule has 19 heavy (non-hydrogen) atoms. The van der Waals surface area contributed by atoms with Crippen molar-refractivity contribution in [2.45, 2.75) is 6.42 Å². The molecule has 0 amide bonds. The van der Waals surface area contributed by atoms with Gasteiger partial charge in [0.25, 0.3) is 0 Å². The summed E-state index contributed by atoms with van der Waals surface area (Å²) >= 11 is 11.9. The lowest BCUT2D eigenvalue weighted by molar-refractivity contribution is 0.544. The number of rotatable bonds is 2. The first-order valence-electron chi connectivity index (χ1n) is 5.71. The molecule has 1 heterocycles. The zero-order valence-electron chi connectivity index (χ0n) is 9.86. The average Bonchev–Trinajstić information content (AvgIpc) is 2.75. The lowest BCUT2D eigenvalue weighted by Crippen LogP contribution is -1.88. The highest BCUT2D eigenvalue weighted by Crippen LogP contribution is 2.25. The summed E-state index contributed by atoms with van der Waals surface area (Å²) in [5.74, 6) is 0.624. The van der Waals surface area contributed by atoms with E-state index in [0.29, 0.717) is 33.6 Å². The van der Waals surface area contributed by atoms with Crippen LogP contribution in [-0.4, -0.2) is 4.98 Å². The Morgan fingerprint density at radius 1 is 1.05 bits per heavy atom. The molecule has 0 aliphatic carbocycles. The van der Waals surface area contributed by atoms with E-state index in [2.05, 4.69) is 4.98 Å². The molecule has 0 aliphatic heterocycles. The monoisotopic (exact) mass is 292 g/mol. The minimum Gasteiger partial charge on any atom is -0.440 e. The molecule has 1 aromatic heterocycles. The van der Waals surface area contributed by atoms with Crippen LogP contribution in [0.5, 0.6) is 0 Å². The molecule has 0 radical (unpaired) electrons. The summed E-state index contributed by atoms with van der Waals surface area (Å²) in [6.45, 7) is 0. The zero-order valence-corrected chi connectivity index (χ0v) is 11.4. The number of anilines is 1. The minimum absolute atomic E-state index is 0.527. The summed E-state index contributed by atoms with van der Waals surface area (Å²) in [6.07, 6.45) is 0.561. The van der Waals surface area contributed by atoms with Gasteiger partial charge in [-0.2, -0.15) is 0 Å². The van der Waals surface area contributed by atoms with E-state index in [1.165, 1.54) is 0 Å². The summed E-state index contributed by atoms with van der Waals surface area (Å²) < 4.78 is 5.66. The van der Waals surface area contributed by atoms with E-state index < -0.39 is 0 Å². The third-order valence-corrected chi connectivity index (χ3v) is 3.54. The van der Waals surface area contributed by atoms with Gasteiger partial charge >= 0.3 is 0 Å². The van der Waals surface area contributed by atoms with Crippen molar-refractivity contribution in [1.29, 1.82) is 0 Å². The number of nitrogens with zero attached hydrogens (tertiary/aromatic N) is 1. The first kappa shape index (κ1) is 12.3. The fraction of sp³-hybridized carbons (Fsp3) is 0.0714. The van der Waals surface area contributed by atoms with E-state index in [1.807, 2.05) is 18.2 Å². The SMILES string of the molecule is Nc1ccc2nc(Cc3ccc(Cl)c(Cl)c3)oc2c1. The second-order valence-corrected chi connectivity index (χ2v) is 5.07. The fourth-order valence-electron chi connectivity index (χ4n) is 1.89. The number of fused-ring (bicyclic) bond motifs is 1. The van der Waals surface area contributed by atoms with Crippen LogP contribution in [0.4, 0.5) is 5.69 Å². The molecule has 5 heteroatoms. The maximum atomic E-state index is 5.98. The van der Waals surface area contributed by atoms with Crippen molar-refractivity contribution < 1.29 is 4.42 Å². The van der Waals surface area contributed by atoms with Crippen LogP contribution >= 0.6 is 23.2 Å². The molecule has 3 aromatic rings. The molecule has 3 rings (SSSR count). The summed E-state index contributed by atoms with van der Waals surface area (Å²) in [6, 6.07) is 10.9. The maximum Gasteiger partial charge on any atom is 0.199 e. The van der Waals surface area contributed by atoms with Gasteiger partial charge < -0.3 is 10.2 Å². The summed E-state index contributed by atoms with van der Waals surface area (Å²) in [5, 5.41) is 1.07. The molecule has 0 aliphatic rings. The Bertz CT molecular complexity index is 752. The molecule has 0 spiro atoms. The standard InChI is InChI=1S/C14H10Cl2N2O/c15-10-3-1-8(5-11(10)16)6-14-18-12-4-2-9(17)7-13(12)19-14/h1-5,7H,6,17H2. The molecule has 0 fully saturated rings. The van der Waals surface area contributed by atoms with Gasteiger partial charge in [-0.15, -0.1) is 0 Å². The van der Waals surface area contributed by atoms with Crippen molar-refractivity contribution in [3.63, 3.8) is 0 Å². The van der Waals surface area contributed by atoms with Gasteiger partial charge in [0.05, 0.1) is 10.0 Å². The van der Waals surface area contributed by atoms with E-state index in [1.54, 1.807) is 18.2 Å². The van der Waals surface area contributed by atoms with E-state index in [4.69, 9.17) is 33.4 Å². The molecule has 0 unspecified atom stereocenters. The lowest BCUT2D eigenvalue weighted by Gasteiger charge is -1.99. The van der Waals surface area contributed by atoms with Crippen molar-refractivity contribution >= 4 is 40.0 Å². The van der Waals surface area contributed by atoms with Crippen molar-refractivity contribution in [2.24, 2.45) is 0 Å². The molecule has 0 saturated carbocycles. The highest BCUT2D eigenvalue weighted by molar-refractivity contribution is 6.42. The Balaban J connectivity index is 1.94. The second kappa shape index (κ2) is 4.76. The number of nitrogens with two attached hydrogens (primary N) is 1. The van der Waals surface area contributed by atoms with Crippen LogP contribution in [0.1, 0.15) is 11.5 Å². The normalized spacial score (nSPS) is 11.1. The van der Waals surface area contributed by atoms with Crippen LogP contribution in [0, 0.1) is 0 Å². The van der Waals surface area contributed by atoms with E-state index in [9.17, 15) is 0 Å². The highest BCUT2D eigenvalue weighted by Gasteiger charge is 2.08. The number of nitrogen functional groups attached to an aromatic ring is 1. The predicted octanol–water partition coefficient (Wildman–Crippen LogP) is 4.31. The van der Waals surface area contributed by atoms with Crippen molar-refractivity contribution in [3.05, 3.63) is 57.9 Å². The smallest absolute Gasteiger partial charge is 0.199 e. The first-order chi connectivity index (χ1) is 9.11. The summed E-state index contributed by atoms with van der Waals surface area (Å²) in [5.41, 5.74) is 8.84. The van der Waals surface area contributed by atoms with Gasteiger partial charge in [-0.1, -0.05) is 29.3 Å². The van der Waals surface area contributed by atoms with Gasteiger partial charge in [0.2, 0.25) is 0 Å². The number of halogens is 2. The van der Waals surface area contributed by atoms with Gasteiger partial charge in [0, 0.05) is 18.2 Å². The van der Waals surface area contributed by atoms with Crippen LogP contribution in [-0.2, 0) is 6.42 Å². The largest absolute Gasteiger partial charge is 0.440 e. The molecule has 3 nitrogen and oxygen atoms in total. The maximum absolute atomic E-state index is 5.98. The number of aromatic nitrogens is 1. The molecule has 2 N–H and O–H groups in total. The second-order valence-electron chi connectivity index (χ2n) is 4.26. The van der Waals surface area contributed by atoms with Crippen LogP contribution in [0.2, 0.25) is 10.0 Å². The average molecular weight is 293 g/mol. The van der Waals surface area contributed by atoms with E-state index in [-0.39, 0.29) is 0 Å². The van der Waals surface area contributed by atoms with Gasteiger partial charge in [-0.3, -0.25) is 0 Å². The number of hydrogen-bond acceptors (Lipinski definition) is 3. The van der Waals surface area contributed by atoms with E-state index in [0.717, 1.165) is 11.1 Å². The Morgan fingerprint density at radius 2 is 1.89 bits per heavy atom. The van der Waals surface area contributed by atoms with Crippen LogP contribution in [0.25, 0.3) is 11.1 Å². The number of benzene rings is 2. The van der Waals surface area contributed by atoms with Crippen molar-refractivity contribution in [1.82, 2.24) is 4.98 Å². The molecule has 96 valence electrons. The molecule has 0 atom stereocenters. The van der Waals surface area contributed by atoms with Crippen LogP contribution in [0.15, 0.2) is 40.8 Å². The molecular formula is C14H10Cl2N2O. The third-order valence-electron chi connectivity index (χ3n) is 2.80. The van der Waals surface area contributed by atoms with Crippen molar-refractivity contribution in [2.75, 3.05) is 5.73 Å². The summed E-state index contributed by atoms with van der Waals surface area (Å²) in [4.78, 5) is 4.40. The molecule has 0 bridgehead atoms. The number of oxazole rings is 1. The molecule has 0 saturated heterocycles. The van der Waals surface area contributed by atoms with Gasteiger partial charge in [0.1, 0.15) is 5.52 Å². The van der Waals surface area contributed by atoms with Crippen LogP contribution in [0.3, 0.4) is 0 Å². The minimum atomic E-state index is 0.527.